The monoisotopic (exact) mass is 456 g/mol. The Kier molecular flexibility index (Phi) is 8.33. The first-order valence-corrected chi connectivity index (χ1v) is 11.3. The normalized spacial score (nSPS) is 18.9. The van der Waals surface area contributed by atoms with Crippen molar-refractivity contribution in [2.75, 3.05) is 44.6 Å². The Morgan fingerprint density at radius 1 is 1.09 bits per heavy atom. The number of benzene rings is 1. The van der Waals surface area contributed by atoms with Gasteiger partial charge in [-0.15, -0.1) is 0 Å². The number of rotatable bonds is 7. The van der Waals surface area contributed by atoms with Crippen LogP contribution in [0.15, 0.2) is 18.2 Å². The lowest BCUT2D eigenvalue weighted by molar-refractivity contribution is -0.384. The first-order chi connectivity index (χ1) is 15.2. The van der Waals surface area contributed by atoms with Crippen LogP contribution in [0.3, 0.4) is 0 Å². The van der Waals surface area contributed by atoms with Crippen LogP contribution >= 0.6 is 0 Å². The molecule has 1 aromatic rings. The minimum atomic E-state index is -4.65. The quantitative estimate of drug-likeness (QED) is 0.482. The SMILES string of the molecule is O=C(CCNc1ccc(C(F)(F)F)cc1[N+](=O)[O-])N1CCC(CN2CCCCCC2)CC1. The number of anilines is 1. The van der Waals surface area contributed by atoms with Crippen LogP contribution in [-0.2, 0) is 11.0 Å². The van der Waals surface area contributed by atoms with Gasteiger partial charge in [0, 0.05) is 38.7 Å². The molecule has 0 spiro atoms. The summed E-state index contributed by atoms with van der Waals surface area (Å²) in [5.74, 6) is 0.561. The van der Waals surface area contributed by atoms with E-state index in [0.717, 1.165) is 31.5 Å². The van der Waals surface area contributed by atoms with Gasteiger partial charge in [0.15, 0.2) is 0 Å². The van der Waals surface area contributed by atoms with E-state index in [2.05, 4.69) is 10.2 Å². The molecule has 0 unspecified atom stereocenters. The summed E-state index contributed by atoms with van der Waals surface area (Å²) in [6.45, 7) is 4.97. The first kappa shape index (κ1) is 24.3. The van der Waals surface area contributed by atoms with Gasteiger partial charge in [-0.3, -0.25) is 14.9 Å². The maximum absolute atomic E-state index is 12.8. The fourth-order valence-corrected chi connectivity index (χ4v) is 4.52. The van der Waals surface area contributed by atoms with E-state index in [1.54, 1.807) is 0 Å². The standard InChI is InChI=1S/C22H31F3N4O3/c23-22(24,25)18-5-6-19(20(15-18)29(31)32)26-10-7-21(30)28-13-8-17(9-14-28)16-27-11-3-1-2-4-12-27/h5-6,15,17,26H,1-4,7-14,16H2. The summed E-state index contributed by atoms with van der Waals surface area (Å²) in [5, 5.41) is 13.9. The summed E-state index contributed by atoms with van der Waals surface area (Å²) in [5.41, 5.74) is -1.75. The molecule has 0 aromatic heterocycles. The summed E-state index contributed by atoms with van der Waals surface area (Å²) in [6, 6.07) is 2.35. The molecule has 0 saturated carbocycles. The molecule has 3 rings (SSSR count). The van der Waals surface area contributed by atoms with Crippen molar-refractivity contribution in [2.45, 2.75) is 51.1 Å². The van der Waals surface area contributed by atoms with E-state index in [9.17, 15) is 28.1 Å². The molecular formula is C22H31F3N4O3. The minimum Gasteiger partial charge on any atom is -0.379 e. The van der Waals surface area contributed by atoms with Gasteiger partial charge in [-0.05, 0) is 56.8 Å². The molecule has 2 fully saturated rings. The zero-order chi connectivity index (χ0) is 23.1. The predicted octanol–water partition coefficient (Wildman–Crippen LogP) is 4.53. The Morgan fingerprint density at radius 2 is 1.75 bits per heavy atom. The smallest absolute Gasteiger partial charge is 0.379 e. The highest BCUT2D eigenvalue weighted by molar-refractivity contribution is 5.77. The Balaban J connectivity index is 1.44. The minimum absolute atomic E-state index is 0.0213. The molecule has 32 heavy (non-hydrogen) atoms. The largest absolute Gasteiger partial charge is 0.416 e. The van der Waals surface area contributed by atoms with Gasteiger partial charge in [0.25, 0.3) is 5.69 Å². The molecule has 7 nitrogen and oxygen atoms in total. The summed E-state index contributed by atoms with van der Waals surface area (Å²) in [4.78, 5) is 27.2. The molecule has 0 aliphatic carbocycles. The molecule has 178 valence electrons. The lowest BCUT2D eigenvalue weighted by Gasteiger charge is -2.34. The Morgan fingerprint density at radius 3 is 2.34 bits per heavy atom. The highest BCUT2D eigenvalue weighted by atomic mass is 19.4. The van der Waals surface area contributed by atoms with Crippen LogP contribution in [0.2, 0.25) is 0 Å². The number of hydrogen-bond donors (Lipinski definition) is 1. The number of amides is 1. The number of nitrogens with zero attached hydrogens (tertiary/aromatic N) is 3. The van der Waals surface area contributed by atoms with Gasteiger partial charge in [-0.25, -0.2) is 0 Å². The summed E-state index contributed by atoms with van der Waals surface area (Å²) >= 11 is 0. The summed E-state index contributed by atoms with van der Waals surface area (Å²) in [7, 11) is 0. The highest BCUT2D eigenvalue weighted by Gasteiger charge is 2.33. The molecule has 2 heterocycles. The van der Waals surface area contributed by atoms with E-state index in [0.29, 0.717) is 25.1 Å². The number of alkyl halides is 3. The topological polar surface area (TPSA) is 78.7 Å². The molecule has 10 heteroatoms. The number of halogens is 3. The van der Waals surface area contributed by atoms with E-state index in [4.69, 9.17) is 0 Å². The van der Waals surface area contributed by atoms with Gasteiger partial charge >= 0.3 is 6.18 Å². The second-order valence-electron chi connectivity index (χ2n) is 8.70. The molecule has 1 aromatic carbocycles. The van der Waals surface area contributed by atoms with Crippen LogP contribution in [0.25, 0.3) is 0 Å². The second kappa shape index (κ2) is 11.0. The average molecular weight is 457 g/mol. The zero-order valence-electron chi connectivity index (χ0n) is 18.2. The molecular weight excluding hydrogens is 425 g/mol. The number of nitro groups is 1. The van der Waals surface area contributed by atoms with Crippen molar-refractivity contribution in [1.82, 2.24) is 9.80 Å². The number of piperidine rings is 1. The van der Waals surface area contributed by atoms with Crippen molar-refractivity contribution in [1.29, 1.82) is 0 Å². The Hall–Kier alpha value is -2.36. The number of nitrogens with one attached hydrogen (secondary N) is 1. The molecule has 2 aliphatic heterocycles. The van der Waals surface area contributed by atoms with E-state index in [1.807, 2.05) is 4.90 Å². The van der Waals surface area contributed by atoms with Gasteiger partial charge < -0.3 is 15.1 Å². The molecule has 0 radical (unpaired) electrons. The van der Waals surface area contributed by atoms with Crippen LogP contribution in [-0.4, -0.2) is 59.9 Å². The summed E-state index contributed by atoms with van der Waals surface area (Å²) in [6.07, 6.45) is 2.58. The van der Waals surface area contributed by atoms with Crippen molar-refractivity contribution in [3.05, 3.63) is 33.9 Å². The lowest BCUT2D eigenvalue weighted by atomic mass is 9.96. The lowest BCUT2D eigenvalue weighted by Crippen LogP contribution is -2.42. The second-order valence-corrected chi connectivity index (χ2v) is 8.70. The van der Waals surface area contributed by atoms with Crippen LogP contribution < -0.4 is 5.32 Å². The van der Waals surface area contributed by atoms with Crippen LogP contribution in [0.1, 0.15) is 50.5 Å². The van der Waals surface area contributed by atoms with Crippen LogP contribution in [0, 0.1) is 16.0 Å². The molecule has 0 atom stereocenters. The summed E-state index contributed by atoms with van der Waals surface area (Å²) < 4.78 is 38.4. The van der Waals surface area contributed by atoms with E-state index in [-0.39, 0.29) is 24.6 Å². The van der Waals surface area contributed by atoms with Gasteiger partial charge in [0.1, 0.15) is 5.69 Å². The molecule has 2 aliphatic rings. The average Bonchev–Trinajstić information content (AvgIpc) is 3.02. The highest BCUT2D eigenvalue weighted by Crippen LogP contribution is 2.35. The van der Waals surface area contributed by atoms with Crippen molar-refractivity contribution < 1.29 is 22.9 Å². The third-order valence-electron chi connectivity index (χ3n) is 6.36. The van der Waals surface area contributed by atoms with Gasteiger partial charge in [-0.1, -0.05) is 12.8 Å². The Bertz CT molecular complexity index is 787. The van der Waals surface area contributed by atoms with Crippen molar-refractivity contribution in [3.63, 3.8) is 0 Å². The number of carbonyl (C=O) groups excluding carboxylic acids is 1. The molecule has 2 saturated heterocycles. The third-order valence-corrected chi connectivity index (χ3v) is 6.36. The third kappa shape index (κ3) is 6.82. The van der Waals surface area contributed by atoms with Crippen LogP contribution in [0.5, 0.6) is 0 Å². The molecule has 0 bridgehead atoms. The maximum Gasteiger partial charge on any atom is 0.416 e. The molecule has 1 N–H and O–H groups in total. The van der Waals surface area contributed by atoms with E-state index < -0.39 is 22.4 Å². The van der Waals surface area contributed by atoms with Gasteiger partial charge in [0.05, 0.1) is 10.5 Å². The van der Waals surface area contributed by atoms with E-state index >= 15 is 0 Å². The zero-order valence-corrected chi connectivity index (χ0v) is 18.2. The Labute approximate surface area is 186 Å². The maximum atomic E-state index is 12.8. The number of likely N-dealkylation sites (tertiary alicyclic amines) is 2. The van der Waals surface area contributed by atoms with Gasteiger partial charge in [-0.2, -0.15) is 13.2 Å². The molecule has 1 amide bonds. The number of carbonyl (C=O) groups is 1. The number of hydrogen-bond acceptors (Lipinski definition) is 5. The first-order valence-electron chi connectivity index (χ1n) is 11.3. The number of nitro benzene ring substituents is 1. The fraction of sp³-hybridized carbons (Fsp3) is 0.682. The van der Waals surface area contributed by atoms with Gasteiger partial charge in [0.2, 0.25) is 5.91 Å². The van der Waals surface area contributed by atoms with Crippen molar-refractivity contribution >= 4 is 17.3 Å². The van der Waals surface area contributed by atoms with Crippen molar-refractivity contribution in [3.8, 4) is 0 Å². The van der Waals surface area contributed by atoms with E-state index in [1.165, 1.54) is 38.8 Å². The predicted molar refractivity (Wildman–Crippen MR) is 115 cm³/mol. The van der Waals surface area contributed by atoms with Crippen LogP contribution in [0.4, 0.5) is 24.5 Å². The fourth-order valence-electron chi connectivity index (χ4n) is 4.52. The van der Waals surface area contributed by atoms with Crippen molar-refractivity contribution in [2.24, 2.45) is 5.92 Å².